The topological polar surface area (TPSA) is 8.17 Å². The van der Waals surface area contributed by atoms with E-state index in [9.17, 15) is 0 Å². The minimum Gasteiger partial charge on any atom is -0.310 e. The van der Waals surface area contributed by atoms with Crippen molar-refractivity contribution in [1.82, 2.24) is 4.57 Å². The van der Waals surface area contributed by atoms with Crippen molar-refractivity contribution in [2.75, 3.05) is 4.90 Å². The summed E-state index contributed by atoms with van der Waals surface area (Å²) in [5.41, 5.74) is 14.0. The van der Waals surface area contributed by atoms with E-state index < -0.39 is 0 Å². The second-order valence-electron chi connectivity index (χ2n) is 16.2. The fourth-order valence-electron chi connectivity index (χ4n) is 9.50. The molecule has 0 spiro atoms. The Morgan fingerprint density at radius 3 is 1.55 bits per heavy atom. The summed E-state index contributed by atoms with van der Waals surface area (Å²) in [5.74, 6) is 0. The molecule has 0 bridgehead atoms. The van der Waals surface area contributed by atoms with Gasteiger partial charge < -0.3 is 9.47 Å². The van der Waals surface area contributed by atoms with Crippen molar-refractivity contribution in [3.05, 3.63) is 243 Å². The number of aromatic nitrogens is 1. The number of nitrogens with zero attached hydrogens (tertiary/aromatic N) is 2. The molecule has 12 rings (SSSR count). The Kier molecular flexibility index (Phi) is 8.53. The number of hydrogen-bond acceptors (Lipinski definition) is 1. The number of para-hydroxylation sites is 2. The number of benzene rings is 11. The second-order valence-corrected chi connectivity index (χ2v) is 16.2. The zero-order chi connectivity index (χ0) is 41.0. The summed E-state index contributed by atoms with van der Waals surface area (Å²) in [7, 11) is 0. The molecule has 2 heteroatoms. The molecule has 0 radical (unpaired) electrons. The van der Waals surface area contributed by atoms with Gasteiger partial charge >= 0.3 is 0 Å². The van der Waals surface area contributed by atoms with Crippen LogP contribution in [0.5, 0.6) is 0 Å². The van der Waals surface area contributed by atoms with Crippen molar-refractivity contribution in [3.8, 4) is 39.1 Å². The van der Waals surface area contributed by atoms with E-state index in [4.69, 9.17) is 0 Å². The SMILES string of the molecule is c1ccc(N(c2ccc(-c3ccc4ccccc4c3)cc2)c2ccc(-c3cccc4ccccc34)cc2)c(-c2ccc(-n3c4ccccc4c4cc5ccccc5cc43)cc2)c1. The van der Waals surface area contributed by atoms with E-state index in [1.165, 1.54) is 76.4 Å². The minimum atomic E-state index is 1.09. The third kappa shape index (κ3) is 6.12. The molecule has 62 heavy (non-hydrogen) atoms. The molecular weight excluding hydrogens is 749 g/mol. The Morgan fingerprint density at radius 2 is 0.790 bits per heavy atom. The molecule has 1 heterocycles. The van der Waals surface area contributed by atoms with E-state index >= 15 is 0 Å². The van der Waals surface area contributed by atoms with Gasteiger partial charge in [-0.15, -0.1) is 0 Å². The van der Waals surface area contributed by atoms with Crippen molar-refractivity contribution in [2.24, 2.45) is 0 Å². The van der Waals surface area contributed by atoms with Crippen LogP contribution in [0.1, 0.15) is 0 Å². The lowest BCUT2D eigenvalue weighted by Gasteiger charge is -2.28. The highest BCUT2D eigenvalue weighted by Crippen LogP contribution is 2.43. The zero-order valence-corrected chi connectivity index (χ0v) is 34.0. The van der Waals surface area contributed by atoms with Gasteiger partial charge in [0, 0.05) is 33.4 Å². The maximum absolute atomic E-state index is 2.41. The summed E-state index contributed by atoms with van der Waals surface area (Å²) in [6.45, 7) is 0. The Morgan fingerprint density at radius 1 is 0.274 bits per heavy atom. The molecular formula is C60H40N2. The molecule has 0 atom stereocenters. The molecule has 1 aromatic heterocycles. The normalized spacial score (nSPS) is 11.5. The highest BCUT2D eigenvalue weighted by molar-refractivity contribution is 6.13. The van der Waals surface area contributed by atoms with E-state index in [0.29, 0.717) is 0 Å². The van der Waals surface area contributed by atoms with E-state index in [1.54, 1.807) is 0 Å². The van der Waals surface area contributed by atoms with Crippen LogP contribution in [-0.2, 0) is 0 Å². The van der Waals surface area contributed by atoms with Crippen LogP contribution in [0.3, 0.4) is 0 Å². The lowest BCUT2D eigenvalue weighted by molar-refractivity contribution is 1.18. The number of anilines is 3. The Labute approximate surface area is 360 Å². The van der Waals surface area contributed by atoms with Crippen LogP contribution in [0.2, 0.25) is 0 Å². The van der Waals surface area contributed by atoms with Gasteiger partial charge in [-0.1, -0.05) is 176 Å². The lowest BCUT2D eigenvalue weighted by atomic mass is 9.97. The standard InChI is InChI=1S/C60H40N2/c1-2-14-46-38-49(25-24-41(46)12-1)42-26-32-50(33-27-42)61(51-34-28-44(29-35-51)54-21-11-17-43-13-5-6-18-53(43)54)58-22-9-7-19-55(58)45-30-36-52(37-31-45)62-59-23-10-8-20-56(59)57-39-47-15-3-4-16-48(47)40-60(57)62/h1-40H. The van der Waals surface area contributed by atoms with Gasteiger partial charge in [-0.2, -0.15) is 0 Å². The molecule has 11 aromatic carbocycles. The average molecular weight is 789 g/mol. The summed E-state index contributed by atoms with van der Waals surface area (Å²) in [6, 6.07) is 88.5. The lowest BCUT2D eigenvalue weighted by Crippen LogP contribution is -2.11. The fraction of sp³-hybridized carbons (Fsp3) is 0. The molecule has 290 valence electrons. The van der Waals surface area contributed by atoms with Crippen LogP contribution < -0.4 is 4.90 Å². The van der Waals surface area contributed by atoms with Gasteiger partial charge in [0.1, 0.15) is 0 Å². The molecule has 0 aliphatic heterocycles. The summed E-state index contributed by atoms with van der Waals surface area (Å²) in [6.07, 6.45) is 0. The third-order valence-corrected chi connectivity index (χ3v) is 12.6. The molecule has 12 aromatic rings. The van der Waals surface area contributed by atoms with Crippen LogP contribution in [-0.4, -0.2) is 4.57 Å². The Balaban J connectivity index is 0.969. The van der Waals surface area contributed by atoms with E-state index in [2.05, 4.69) is 252 Å². The van der Waals surface area contributed by atoms with Gasteiger partial charge in [0.2, 0.25) is 0 Å². The molecule has 2 nitrogen and oxygen atoms in total. The van der Waals surface area contributed by atoms with Gasteiger partial charge in [0.25, 0.3) is 0 Å². The molecule has 0 fully saturated rings. The first-order chi connectivity index (χ1) is 30.7. The predicted octanol–water partition coefficient (Wildman–Crippen LogP) is 16.7. The van der Waals surface area contributed by atoms with Gasteiger partial charge in [0.05, 0.1) is 16.7 Å². The number of hydrogen-bond donors (Lipinski definition) is 0. The molecule has 0 saturated heterocycles. The van der Waals surface area contributed by atoms with Crippen molar-refractivity contribution >= 4 is 71.2 Å². The molecule has 0 N–H and O–H groups in total. The van der Waals surface area contributed by atoms with E-state index in [1.807, 2.05) is 0 Å². The largest absolute Gasteiger partial charge is 0.310 e. The highest BCUT2D eigenvalue weighted by atomic mass is 15.1. The molecule has 0 saturated carbocycles. The number of fused-ring (bicyclic) bond motifs is 6. The summed E-state index contributed by atoms with van der Waals surface area (Å²) in [5, 5.41) is 10.0. The monoisotopic (exact) mass is 788 g/mol. The van der Waals surface area contributed by atoms with Crippen LogP contribution in [0.15, 0.2) is 243 Å². The van der Waals surface area contributed by atoms with Crippen LogP contribution in [0.25, 0.3) is 93.2 Å². The molecule has 0 aliphatic carbocycles. The second kappa shape index (κ2) is 14.8. The quantitative estimate of drug-likeness (QED) is 0.156. The van der Waals surface area contributed by atoms with Gasteiger partial charge in [-0.3, -0.25) is 0 Å². The maximum Gasteiger partial charge on any atom is 0.0547 e. The molecule has 0 amide bonds. The van der Waals surface area contributed by atoms with Crippen LogP contribution in [0.4, 0.5) is 17.1 Å². The smallest absolute Gasteiger partial charge is 0.0547 e. The summed E-state index contributed by atoms with van der Waals surface area (Å²) in [4.78, 5) is 2.40. The van der Waals surface area contributed by atoms with E-state index in [0.717, 1.165) is 33.9 Å². The minimum absolute atomic E-state index is 1.09. The molecule has 0 aliphatic rings. The molecule has 0 unspecified atom stereocenters. The van der Waals surface area contributed by atoms with E-state index in [-0.39, 0.29) is 0 Å². The Hall–Kier alpha value is -8.20. The van der Waals surface area contributed by atoms with Crippen molar-refractivity contribution in [2.45, 2.75) is 0 Å². The predicted molar refractivity (Wildman–Crippen MR) is 264 cm³/mol. The first-order valence-electron chi connectivity index (χ1n) is 21.3. The highest BCUT2D eigenvalue weighted by Gasteiger charge is 2.19. The fourth-order valence-corrected chi connectivity index (χ4v) is 9.50. The average Bonchev–Trinajstić information content (AvgIpc) is 3.66. The summed E-state index contributed by atoms with van der Waals surface area (Å²) < 4.78 is 2.41. The van der Waals surface area contributed by atoms with Crippen molar-refractivity contribution < 1.29 is 0 Å². The summed E-state index contributed by atoms with van der Waals surface area (Å²) >= 11 is 0. The van der Waals surface area contributed by atoms with Crippen LogP contribution in [0, 0.1) is 0 Å². The third-order valence-electron chi connectivity index (χ3n) is 12.6. The first-order valence-corrected chi connectivity index (χ1v) is 21.3. The van der Waals surface area contributed by atoms with Crippen molar-refractivity contribution in [1.29, 1.82) is 0 Å². The van der Waals surface area contributed by atoms with Gasteiger partial charge in [0.15, 0.2) is 0 Å². The number of rotatable bonds is 7. The van der Waals surface area contributed by atoms with Gasteiger partial charge in [-0.05, 0) is 127 Å². The zero-order valence-electron chi connectivity index (χ0n) is 34.0. The first kappa shape index (κ1) is 35.7. The van der Waals surface area contributed by atoms with Crippen molar-refractivity contribution in [3.63, 3.8) is 0 Å². The maximum atomic E-state index is 2.41. The Bertz CT molecular complexity index is 3610. The van der Waals surface area contributed by atoms with Gasteiger partial charge in [-0.25, -0.2) is 0 Å². The van der Waals surface area contributed by atoms with Crippen LogP contribution >= 0.6 is 0 Å².